The fourth-order valence-electron chi connectivity index (χ4n) is 1.76. The van der Waals surface area contributed by atoms with Gasteiger partial charge in [-0.15, -0.1) is 11.3 Å². The zero-order chi connectivity index (χ0) is 11.9. The molecule has 0 atom stereocenters. The van der Waals surface area contributed by atoms with Crippen LogP contribution in [0.3, 0.4) is 0 Å². The predicted octanol–water partition coefficient (Wildman–Crippen LogP) is 3.08. The molecule has 0 aliphatic rings. The minimum Gasteiger partial charge on any atom is -0.343 e. The Balaban J connectivity index is 2.62. The van der Waals surface area contributed by atoms with Gasteiger partial charge in [0.15, 0.2) is 0 Å². The van der Waals surface area contributed by atoms with Gasteiger partial charge in [-0.05, 0) is 19.1 Å². The first-order valence-corrected chi connectivity index (χ1v) is 6.24. The maximum atomic E-state index is 12.0. The molecule has 1 amide bonds. The smallest absolute Gasteiger partial charge is 0.270 e. The number of hydrogen-bond acceptors (Lipinski definition) is 2. The Kier molecular flexibility index (Phi) is 2.95. The van der Waals surface area contributed by atoms with Crippen molar-refractivity contribution >= 4 is 39.1 Å². The molecule has 2 aromatic heterocycles. The third kappa shape index (κ3) is 1.72. The van der Waals surface area contributed by atoms with Crippen LogP contribution in [0, 0.1) is 0 Å². The van der Waals surface area contributed by atoms with E-state index in [0.717, 1.165) is 26.8 Å². The number of aryl methyl sites for hydroxylation is 1. The van der Waals surface area contributed by atoms with Crippen LogP contribution in [0.1, 0.15) is 17.4 Å². The molecule has 0 spiro atoms. The highest BCUT2D eigenvalue weighted by atomic mass is 35.5. The summed E-state index contributed by atoms with van der Waals surface area (Å²) in [6.07, 6.45) is 0. The third-order valence-corrected chi connectivity index (χ3v) is 3.70. The lowest BCUT2D eigenvalue weighted by Crippen LogP contribution is -2.24. The molecule has 0 aliphatic heterocycles. The average Bonchev–Trinajstić information content (AvgIpc) is 2.71. The first kappa shape index (κ1) is 11.5. The Morgan fingerprint density at radius 3 is 2.75 bits per heavy atom. The van der Waals surface area contributed by atoms with Crippen LogP contribution in [0.5, 0.6) is 0 Å². The number of amides is 1. The Hall–Kier alpha value is -1.00. The van der Waals surface area contributed by atoms with E-state index in [9.17, 15) is 4.79 Å². The van der Waals surface area contributed by atoms with Crippen LogP contribution in [-0.4, -0.2) is 29.5 Å². The lowest BCUT2D eigenvalue weighted by atomic mass is 10.4. The molecule has 0 fully saturated rings. The van der Waals surface area contributed by atoms with Crippen molar-refractivity contribution in [2.45, 2.75) is 13.5 Å². The summed E-state index contributed by atoms with van der Waals surface area (Å²) < 4.78 is 3.83. The second kappa shape index (κ2) is 4.11. The van der Waals surface area contributed by atoms with E-state index in [4.69, 9.17) is 11.6 Å². The molecule has 0 aromatic carbocycles. The van der Waals surface area contributed by atoms with Crippen LogP contribution in [0.15, 0.2) is 12.1 Å². The molecule has 0 saturated heterocycles. The standard InChI is InChI=1S/C11H13ClN2OS/c1-4-14-7-6-10(12)16-9(7)5-8(14)11(15)13(2)3/h5-6H,4H2,1-3H3. The number of carbonyl (C=O) groups is 1. The number of halogens is 1. The maximum absolute atomic E-state index is 12.0. The summed E-state index contributed by atoms with van der Waals surface area (Å²) in [7, 11) is 3.52. The predicted molar refractivity (Wildman–Crippen MR) is 68.5 cm³/mol. The van der Waals surface area contributed by atoms with Crippen molar-refractivity contribution in [1.29, 1.82) is 0 Å². The van der Waals surface area contributed by atoms with E-state index in [1.165, 1.54) is 11.3 Å². The lowest BCUT2D eigenvalue weighted by molar-refractivity contribution is 0.0818. The van der Waals surface area contributed by atoms with Gasteiger partial charge in [-0.3, -0.25) is 4.79 Å². The lowest BCUT2D eigenvalue weighted by Gasteiger charge is -2.12. The van der Waals surface area contributed by atoms with Gasteiger partial charge in [0, 0.05) is 20.6 Å². The van der Waals surface area contributed by atoms with Gasteiger partial charge in [-0.1, -0.05) is 11.6 Å². The quantitative estimate of drug-likeness (QED) is 0.811. The van der Waals surface area contributed by atoms with E-state index in [1.807, 2.05) is 23.6 Å². The highest BCUT2D eigenvalue weighted by Gasteiger charge is 2.17. The first-order valence-electron chi connectivity index (χ1n) is 5.04. The van der Waals surface area contributed by atoms with Gasteiger partial charge >= 0.3 is 0 Å². The highest BCUT2D eigenvalue weighted by Crippen LogP contribution is 2.32. The van der Waals surface area contributed by atoms with E-state index in [1.54, 1.807) is 19.0 Å². The van der Waals surface area contributed by atoms with Gasteiger partial charge in [0.25, 0.3) is 5.91 Å². The van der Waals surface area contributed by atoms with Gasteiger partial charge in [-0.2, -0.15) is 0 Å². The second-order valence-electron chi connectivity index (χ2n) is 3.77. The topological polar surface area (TPSA) is 25.2 Å². The largest absolute Gasteiger partial charge is 0.343 e. The van der Waals surface area contributed by atoms with Crippen LogP contribution >= 0.6 is 22.9 Å². The summed E-state index contributed by atoms with van der Waals surface area (Å²) in [6, 6.07) is 3.83. The van der Waals surface area contributed by atoms with Crippen molar-refractivity contribution in [1.82, 2.24) is 9.47 Å². The molecule has 2 aromatic rings. The number of hydrogen-bond donors (Lipinski definition) is 0. The molecule has 86 valence electrons. The van der Waals surface area contributed by atoms with Crippen molar-refractivity contribution in [3.8, 4) is 0 Å². The van der Waals surface area contributed by atoms with Crippen LogP contribution in [0.2, 0.25) is 4.34 Å². The summed E-state index contributed by atoms with van der Waals surface area (Å²) in [5.41, 5.74) is 1.77. The molecular weight excluding hydrogens is 244 g/mol. The number of thiophene rings is 1. The Labute approximate surface area is 103 Å². The second-order valence-corrected chi connectivity index (χ2v) is 5.49. The molecular formula is C11H13ClN2OS. The number of nitrogens with zero attached hydrogens (tertiary/aromatic N) is 2. The fourth-order valence-corrected chi connectivity index (χ4v) is 2.94. The zero-order valence-electron chi connectivity index (χ0n) is 9.45. The maximum Gasteiger partial charge on any atom is 0.270 e. The molecule has 5 heteroatoms. The molecule has 2 heterocycles. The van der Waals surface area contributed by atoms with Crippen LogP contribution in [0.25, 0.3) is 10.2 Å². The molecule has 2 rings (SSSR count). The van der Waals surface area contributed by atoms with Crippen LogP contribution in [0.4, 0.5) is 0 Å². The van der Waals surface area contributed by atoms with Gasteiger partial charge in [0.2, 0.25) is 0 Å². The molecule has 0 bridgehead atoms. The molecule has 16 heavy (non-hydrogen) atoms. The minimum atomic E-state index is 0.0290. The zero-order valence-corrected chi connectivity index (χ0v) is 11.0. The molecule has 0 aliphatic carbocycles. The first-order chi connectivity index (χ1) is 7.54. The number of rotatable bonds is 2. The average molecular weight is 257 g/mol. The Bertz CT molecular complexity index is 541. The normalized spacial score (nSPS) is 11.0. The SMILES string of the molecule is CCn1c(C(=O)N(C)C)cc2sc(Cl)cc21. The van der Waals surface area contributed by atoms with Gasteiger partial charge in [0.1, 0.15) is 5.69 Å². The van der Waals surface area contributed by atoms with Crippen molar-refractivity contribution in [2.75, 3.05) is 14.1 Å². The number of aromatic nitrogens is 1. The van der Waals surface area contributed by atoms with Crippen molar-refractivity contribution in [2.24, 2.45) is 0 Å². The summed E-state index contributed by atoms with van der Waals surface area (Å²) in [5.74, 6) is 0.0290. The summed E-state index contributed by atoms with van der Waals surface area (Å²) in [4.78, 5) is 13.5. The molecule has 0 saturated carbocycles. The van der Waals surface area contributed by atoms with E-state index in [-0.39, 0.29) is 5.91 Å². The molecule has 0 radical (unpaired) electrons. The molecule has 3 nitrogen and oxygen atoms in total. The summed E-state index contributed by atoms with van der Waals surface area (Å²) in [5, 5.41) is 0. The van der Waals surface area contributed by atoms with E-state index >= 15 is 0 Å². The van der Waals surface area contributed by atoms with Crippen molar-refractivity contribution < 1.29 is 4.79 Å². The fraction of sp³-hybridized carbons (Fsp3) is 0.364. The third-order valence-electron chi connectivity index (χ3n) is 2.50. The van der Waals surface area contributed by atoms with Gasteiger partial charge in [0.05, 0.1) is 14.6 Å². The monoisotopic (exact) mass is 256 g/mol. The van der Waals surface area contributed by atoms with Crippen molar-refractivity contribution in [3.05, 3.63) is 22.2 Å². The van der Waals surface area contributed by atoms with Gasteiger partial charge < -0.3 is 9.47 Å². The molecule has 0 unspecified atom stereocenters. The van der Waals surface area contributed by atoms with Crippen molar-refractivity contribution in [3.63, 3.8) is 0 Å². The molecule has 0 N–H and O–H groups in total. The highest BCUT2D eigenvalue weighted by molar-refractivity contribution is 7.22. The van der Waals surface area contributed by atoms with Gasteiger partial charge in [-0.25, -0.2) is 0 Å². The van der Waals surface area contributed by atoms with E-state index in [0.29, 0.717) is 0 Å². The number of carbonyl (C=O) groups excluding carboxylic acids is 1. The number of fused-ring (bicyclic) bond motifs is 1. The Morgan fingerprint density at radius 1 is 1.50 bits per heavy atom. The van der Waals surface area contributed by atoms with Crippen LogP contribution < -0.4 is 0 Å². The van der Waals surface area contributed by atoms with Crippen LogP contribution in [-0.2, 0) is 6.54 Å². The summed E-state index contributed by atoms with van der Waals surface area (Å²) in [6.45, 7) is 2.79. The van der Waals surface area contributed by atoms with E-state index < -0.39 is 0 Å². The minimum absolute atomic E-state index is 0.0290. The Morgan fingerprint density at radius 2 is 2.19 bits per heavy atom. The van der Waals surface area contributed by atoms with E-state index in [2.05, 4.69) is 0 Å². The summed E-state index contributed by atoms with van der Waals surface area (Å²) >= 11 is 7.46.